The van der Waals surface area contributed by atoms with E-state index in [1.807, 2.05) is 13.0 Å². The molecule has 0 unspecified atom stereocenters. The number of hydrogen-bond donors (Lipinski definition) is 2. The van der Waals surface area contributed by atoms with E-state index < -0.39 is 0 Å². The molecule has 1 aromatic heterocycles. The van der Waals surface area contributed by atoms with E-state index in [9.17, 15) is 4.79 Å². The van der Waals surface area contributed by atoms with Gasteiger partial charge < -0.3 is 10.6 Å². The molecule has 1 aliphatic heterocycles. The Kier molecular flexibility index (Phi) is 3.96. The minimum Gasteiger partial charge on any atom is -0.385 e. The molecule has 2 N–H and O–H groups in total. The highest BCUT2D eigenvalue weighted by molar-refractivity contribution is 9.10. The highest BCUT2D eigenvalue weighted by Gasteiger charge is 2.11. The summed E-state index contributed by atoms with van der Waals surface area (Å²) in [7, 11) is 0. The summed E-state index contributed by atoms with van der Waals surface area (Å²) < 4.78 is 1.93. The minimum atomic E-state index is -0.123. The Morgan fingerprint density at radius 1 is 1.48 bits per heavy atom. The third-order valence-corrected chi connectivity index (χ3v) is 4.37. The molecule has 0 saturated heterocycles. The maximum Gasteiger partial charge on any atom is 0.283 e. The van der Waals surface area contributed by atoms with Crippen molar-refractivity contribution in [3.8, 4) is 0 Å². The molecule has 0 atom stereocenters. The first-order valence-corrected chi connectivity index (χ1v) is 7.88. The van der Waals surface area contributed by atoms with Crippen LogP contribution in [0.3, 0.4) is 0 Å². The molecule has 110 valence electrons. The zero-order valence-corrected chi connectivity index (χ0v) is 13.4. The SMILES string of the molecule is CCn1ncc(Nc2ccc3c(c2)CCCN3)c(Br)c1=O. The number of benzene rings is 1. The van der Waals surface area contributed by atoms with Crippen molar-refractivity contribution in [1.29, 1.82) is 0 Å². The summed E-state index contributed by atoms with van der Waals surface area (Å²) in [6.45, 7) is 3.48. The first kappa shape index (κ1) is 14.1. The van der Waals surface area contributed by atoms with Crippen molar-refractivity contribution >= 4 is 33.0 Å². The van der Waals surface area contributed by atoms with Gasteiger partial charge in [-0.25, -0.2) is 4.68 Å². The van der Waals surface area contributed by atoms with Crippen LogP contribution in [0.5, 0.6) is 0 Å². The zero-order valence-electron chi connectivity index (χ0n) is 11.8. The Morgan fingerprint density at radius 2 is 2.33 bits per heavy atom. The third kappa shape index (κ3) is 2.81. The van der Waals surface area contributed by atoms with Crippen molar-refractivity contribution in [2.45, 2.75) is 26.3 Å². The summed E-state index contributed by atoms with van der Waals surface area (Å²) >= 11 is 3.36. The number of rotatable bonds is 3. The predicted molar refractivity (Wildman–Crippen MR) is 88.4 cm³/mol. The Labute approximate surface area is 131 Å². The van der Waals surface area contributed by atoms with Gasteiger partial charge in [-0.15, -0.1) is 0 Å². The minimum absolute atomic E-state index is 0.123. The number of nitrogens with one attached hydrogen (secondary N) is 2. The second kappa shape index (κ2) is 5.89. The second-order valence-electron chi connectivity index (χ2n) is 5.02. The summed E-state index contributed by atoms with van der Waals surface area (Å²) in [6.07, 6.45) is 3.90. The number of anilines is 3. The maximum absolute atomic E-state index is 12.0. The van der Waals surface area contributed by atoms with Crippen molar-refractivity contribution in [3.05, 3.63) is 44.8 Å². The molecule has 0 fully saturated rings. The Balaban J connectivity index is 1.90. The molecule has 0 radical (unpaired) electrons. The molecular weight excluding hydrogens is 332 g/mol. The maximum atomic E-state index is 12.0. The molecule has 2 aromatic rings. The number of aromatic nitrogens is 2. The molecule has 1 aliphatic rings. The predicted octanol–water partition coefficient (Wildman–Crippen LogP) is 3.13. The van der Waals surface area contributed by atoms with Gasteiger partial charge in [0.05, 0.1) is 11.9 Å². The number of halogens is 1. The van der Waals surface area contributed by atoms with Crippen LogP contribution in [0.1, 0.15) is 18.9 Å². The van der Waals surface area contributed by atoms with Crippen molar-refractivity contribution in [2.24, 2.45) is 0 Å². The molecule has 0 spiro atoms. The normalized spacial score (nSPS) is 13.4. The van der Waals surface area contributed by atoms with Crippen LogP contribution in [0.15, 0.2) is 33.7 Å². The van der Waals surface area contributed by atoms with Crippen molar-refractivity contribution in [2.75, 3.05) is 17.2 Å². The monoisotopic (exact) mass is 348 g/mol. The first-order chi connectivity index (χ1) is 10.2. The lowest BCUT2D eigenvalue weighted by Gasteiger charge is -2.19. The largest absolute Gasteiger partial charge is 0.385 e. The van der Waals surface area contributed by atoms with Crippen LogP contribution in [-0.2, 0) is 13.0 Å². The highest BCUT2D eigenvalue weighted by atomic mass is 79.9. The molecule has 5 nitrogen and oxygen atoms in total. The number of aryl methyl sites for hydroxylation is 2. The summed E-state index contributed by atoms with van der Waals surface area (Å²) in [4.78, 5) is 12.0. The van der Waals surface area contributed by atoms with E-state index in [0.29, 0.717) is 16.7 Å². The quantitative estimate of drug-likeness (QED) is 0.894. The molecule has 0 bridgehead atoms. The summed E-state index contributed by atoms with van der Waals surface area (Å²) in [5.41, 5.74) is 4.03. The fraction of sp³-hybridized carbons (Fsp3) is 0.333. The van der Waals surface area contributed by atoms with Crippen LogP contribution in [0.2, 0.25) is 0 Å². The standard InChI is InChI=1S/C15H17BrN4O/c1-2-20-15(21)14(16)13(9-18-20)19-11-5-6-12-10(8-11)4-3-7-17-12/h5-6,8-9,17,19H,2-4,7H2,1H3. The molecular formula is C15H17BrN4O. The fourth-order valence-electron chi connectivity index (χ4n) is 2.49. The lowest BCUT2D eigenvalue weighted by atomic mass is 10.0. The first-order valence-electron chi connectivity index (χ1n) is 7.08. The van der Waals surface area contributed by atoms with E-state index in [0.717, 1.165) is 25.1 Å². The van der Waals surface area contributed by atoms with E-state index in [1.165, 1.54) is 15.9 Å². The molecule has 6 heteroatoms. The lowest BCUT2D eigenvalue weighted by Crippen LogP contribution is -2.23. The van der Waals surface area contributed by atoms with Gasteiger partial charge in [0.1, 0.15) is 4.47 Å². The molecule has 2 heterocycles. The summed E-state index contributed by atoms with van der Waals surface area (Å²) in [5, 5.41) is 10.8. The second-order valence-corrected chi connectivity index (χ2v) is 5.81. The molecule has 0 amide bonds. The fourth-order valence-corrected chi connectivity index (χ4v) is 2.89. The van der Waals surface area contributed by atoms with Gasteiger partial charge in [0, 0.05) is 24.5 Å². The van der Waals surface area contributed by atoms with E-state index in [4.69, 9.17) is 0 Å². The van der Waals surface area contributed by atoms with Gasteiger partial charge in [-0.05, 0) is 59.5 Å². The smallest absolute Gasteiger partial charge is 0.283 e. The number of nitrogens with zero attached hydrogens (tertiary/aromatic N) is 2. The van der Waals surface area contributed by atoms with E-state index in [1.54, 1.807) is 6.20 Å². The average Bonchev–Trinajstić information content (AvgIpc) is 2.52. The van der Waals surface area contributed by atoms with Crippen LogP contribution in [0.4, 0.5) is 17.1 Å². The van der Waals surface area contributed by atoms with Gasteiger partial charge >= 0.3 is 0 Å². The third-order valence-electron chi connectivity index (χ3n) is 3.61. The number of fused-ring (bicyclic) bond motifs is 1. The Bertz CT molecular complexity index is 726. The molecule has 1 aromatic carbocycles. The Morgan fingerprint density at radius 3 is 3.14 bits per heavy atom. The zero-order chi connectivity index (χ0) is 14.8. The summed E-state index contributed by atoms with van der Waals surface area (Å²) in [5.74, 6) is 0. The van der Waals surface area contributed by atoms with Gasteiger partial charge in [0.15, 0.2) is 0 Å². The van der Waals surface area contributed by atoms with E-state index in [2.05, 4.69) is 43.8 Å². The van der Waals surface area contributed by atoms with Gasteiger partial charge in [0.2, 0.25) is 0 Å². The molecule has 3 rings (SSSR count). The van der Waals surface area contributed by atoms with Crippen molar-refractivity contribution < 1.29 is 0 Å². The topological polar surface area (TPSA) is 59.0 Å². The van der Waals surface area contributed by atoms with Crippen molar-refractivity contribution in [1.82, 2.24) is 9.78 Å². The molecule has 0 saturated carbocycles. The van der Waals surface area contributed by atoms with E-state index in [-0.39, 0.29) is 5.56 Å². The van der Waals surface area contributed by atoms with Crippen molar-refractivity contribution in [3.63, 3.8) is 0 Å². The van der Waals surface area contributed by atoms with E-state index >= 15 is 0 Å². The van der Waals surface area contributed by atoms with Gasteiger partial charge in [0.25, 0.3) is 5.56 Å². The summed E-state index contributed by atoms with van der Waals surface area (Å²) in [6, 6.07) is 6.21. The van der Waals surface area contributed by atoms with Crippen LogP contribution < -0.4 is 16.2 Å². The van der Waals surface area contributed by atoms with Gasteiger partial charge in [-0.3, -0.25) is 4.79 Å². The lowest BCUT2D eigenvalue weighted by molar-refractivity contribution is 0.613. The Hall–Kier alpha value is -1.82. The van der Waals surface area contributed by atoms with Crippen LogP contribution in [-0.4, -0.2) is 16.3 Å². The van der Waals surface area contributed by atoms with Crippen LogP contribution >= 0.6 is 15.9 Å². The van der Waals surface area contributed by atoms with Crippen LogP contribution in [0, 0.1) is 0 Å². The number of hydrogen-bond acceptors (Lipinski definition) is 4. The highest BCUT2D eigenvalue weighted by Crippen LogP contribution is 2.28. The molecule has 0 aliphatic carbocycles. The average molecular weight is 349 g/mol. The van der Waals surface area contributed by atoms with Crippen LogP contribution in [0.25, 0.3) is 0 Å². The van der Waals surface area contributed by atoms with Gasteiger partial charge in [-0.1, -0.05) is 0 Å². The molecule has 21 heavy (non-hydrogen) atoms. The van der Waals surface area contributed by atoms with Gasteiger partial charge in [-0.2, -0.15) is 5.10 Å².